The first-order valence-electron chi connectivity index (χ1n) is 10.2. The van der Waals surface area contributed by atoms with E-state index in [-0.39, 0.29) is 32.7 Å². The van der Waals surface area contributed by atoms with Crippen molar-refractivity contribution in [3.63, 3.8) is 0 Å². The van der Waals surface area contributed by atoms with E-state index in [1.54, 1.807) is 0 Å². The molecule has 0 spiro atoms. The fourth-order valence-corrected chi connectivity index (χ4v) is 4.88. The van der Waals surface area contributed by atoms with Gasteiger partial charge in [-0.15, -0.1) is 11.3 Å². The molecule has 0 saturated heterocycles. The summed E-state index contributed by atoms with van der Waals surface area (Å²) in [7, 11) is 0. The maximum absolute atomic E-state index is 13.4. The van der Waals surface area contributed by atoms with E-state index in [9.17, 15) is 31.5 Å². The third-order valence-electron chi connectivity index (χ3n) is 5.49. The van der Waals surface area contributed by atoms with Gasteiger partial charge in [-0.2, -0.15) is 18.3 Å². The second kappa shape index (κ2) is 7.93. The number of rotatable bonds is 5. The summed E-state index contributed by atoms with van der Waals surface area (Å²) in [6.07, 6.45) is -6.13. The van der Waals surface area contributed by atoms with Crippen LogP contribution >= 0.6 is 11.3 Å². The summed E-state index contributed by atoms with van der Waals surface area (Å²) in [6, 6.07) is 3.11. The second-order valence-corrected chi connectivity index (χ2v) is 9.10. The number of hydrogen-bond donors (Lipinski definition) is 2. The number of carbonyl (C=O) groups is 2. The second-order valence-electron chi connectivity index (χ2n) is 8.10. The van der Waals surface area contributed by atoms with Gasteiger partial charge in [-0.25, -0.2) is 23.3 Å². The number of nitrogens with one attached hydrogen (secondary N) is 1. The van der Waals surface area contributed by atoms with Gasteiger partial charge in [-0.3, -0.25) is 9.59 Å². The van der Waals surface area contributed by atoms with E-state index in [0.29, 0.717) is 15.5 Å². The van der Waals surface area contributed by atoms with Crippen LogP contribution in [0.4, 0.5) is 27.6 Å². The molecule has 1 saturated carbocycles. The first-order chi connectivity index (χ1) is 16.4. The van der Waals surface area contributed by atoms with Crippen LogP contribution < -0.4 is 11.1 Å². The molecule has 0 radical (unpaired) electrons. The Hall–Kier alpha value is -3.68. The van der Waals surface area contributed by atoms with Crippen molar-refractivity contribution < 1.29 is 31.5 Å². The number of carbonyl (C=O) groups excluding carboxylic acids is 2. The van der Waals surface area contributed by atoms with Crippen LogP contribution in [0.15, 0.2) is 18.2 Å². The highest BCUT2D eigenvalue weighted by atomic mass is 32.1. The van der Waals surface area contributed by atoms with E-state index in [1.165, 1.54) is 13.0 Å². The molecule has 4 heterocycles. The molecule has 5 rings (SSSR count). The minimum Gasteiger partial charge on any atom is -0.365 e. The molecule has 1 aliphatic rings. The van der Waals surface area contributed by atoms with Gasteiger partial charge in [0.1, 0.15) is 21.1 Å². The van der Waals surface area contributed by atoms with Crippen molar-refractivity contribution in [2.45, 2.75) is 38.3 Å². The van der Waals surface area contributed by atoms with E-state index in [2.05, 4.69) is 20.4 Å². The number of hydrogen-bond acceptors (Lipinski definition) is 6. The molecule has 3 N–H and O–H groups in total. The normalized spacial score (nSPS) is 14.3. The fourth-order valence-electron chi connectivity index (χ4n) is 3.86. The molecule has 8 nitrogen and oxygen atoms in total. The molecule has 0 aromatic carbocycles. The zero-order valence-electron chi connectivity index (χ0n) is 17.8. The minimum absolute atomic E-state index is 0.0324. The molecule has 182 valence electrons. The molecular formula is C21H15F5N6O2S. The third kappa shape index (κ3) is 4.07. The zero-order chi connectivity index (χ0) is 25.2. The number of anilines is 1. The fraction of sp³-hybridized carbons (Fsp3) is 0.286. The number of nitrogens with zero attached hydrogens (tertiary/aromatic N) is 4. The Labute approximate surface area is 197 Å². The van der Waals surface area contributed by atoms with Gasteiger partial charge < -0.3 is 11.1 Å². The number of thiophene rings is 1. The highest BCUT2D eigenvalue weighted by Crippen LogP contribution is 2.48. The molecule has 35 heavy (non-hydrogen) atoms. The van der Waals surface area contributed by atoms with Gasteiger partial charge >= 0.3 is 6.18 Å². The molecule has 0 unspecified atom stereocenters. The maximum atomic E-state index is 13.4. The Morgan fingerprint density at radius 3 is 2.51 bits per heavy atom. The molecule has 4 aromatic heterocycles. The molecule has 1 fully saturated rings. The summed E-state index contributed by atoms with van der Waals surface area (Å²) in [5.41, 5.74) is 3.84. The number of nitrogens with two attached hydrogens (primary N) is 1. The number of aromatic nitrogens is 4. The van der Waals surface area contributed by atoms with Gasteiger partial charge in [0.25, 0.3) is 18.2 Å². The van der Waals surface area contributed by atoms with Crippen LogP contribution in [0.25, 0.3) is 15.9 Å². The van der Waals surface area contributed by atoms with Gasteiger partial charge in [-0.05, 0) is 43.4 Å². The molecule has 0 bridgehead atoms. The van der Waals surface area contributed by atoms with Crippen LogP contribution in [0.3, 0.4) is 0 Å². The maximum Gasteiger partial charge on any atom is 0.433 e. The molecule has 1 aliphatic carbocycles. The molecule has 4 aromatic rings. The predicted molar refractivity (Wildman–Crippen MR) is 116 cm³/mol. The Kier molecular flexibility index (Phi) is 5.23. The summed E-state index contributed by atoms with van der Waals surface area (Å²) in [4.78, 5) is 33.0. The first-order valence-corrected chi connectivity index (χ1v) is 11.1. The number of aryl methyl sites for hydroxylation is 1. The predicted octanol–water partition coefficient (Wildman–Crippen LogP) is 4.83. The monoisotopic (exact) mass is 510 g/mol. The molecule has 2 amide bonds. The molecule has 0 atom stereocenters. The van der Waals surface area contributed by atoms with E-state index in [0.717, 1.165) is 36.3 Å². The lowest BCUT2D eigenvalue weighted by molar-refractivity contribution is -0.142. The minimum atomic E-state index is -4.75. The molecule has 14 heteroatoms. The number of pyridine rings is 1. The van der Waals surface area contributed by atoms with Crippen LogP contribution in [0.2, 0.25) is 0 Å². The number of alkyl halides is 5. The first kappa shape index (κ1) is 23.1. The van der Waals surface area contributed by atoms with Gasteiger partial charge in [0.05, 0.1) is 5.69 Å². The lowest BCUT2D eigenvalue weighted by Gasteiger charge is -2.10. The highest BCUT2D eigenvalue weighted by Gasteiger charge is 2.36. The van der Waals surface area contributed by atoms with Gasteiger partial charge in [0.2, 0.25) is 0 Å². The van der Waals surface area contributed by atoms with Gasteiger partial charge in [0, 0.05) is 17.1 Å². The third-order valence-corrected chi connectivity index (χ3v) is 6.59. The van der Waals surface area contributed by atoms with Crippen LogP contribution in [0, 0.1) is 6.92 Å². The summed E-state index contributed by atoms with van der Waals surface area (Å²) >= 11 is 0.752. The largest absolute Gasteiger partial charge is 0.433 e. The lowest BCUT2D eigenvalue weighted by atomic mass is 10.0. The van der Waals surface area contributed by atoms with E-state index in [1.807, 2.05) is 0 Å². The topological polar surface area (TPSA) is 115 Å². The Morgan fingerprint density at radius 1 is 1.20 bits per heavy atom. The van der Waals surface area contributed by atoms with Gasteiger partial charge in [0.15, 0.2) is 11.3 Å². The van der Waals surface area contributed by atoms with Crippen molar-refractivity contribution in [1.29, 1.82) is 0 Å². The molecule has 0 aliphatic heterocycles. The Bertz CT molecular complexity index is 1520. The number of halogens is 5. The Morgan fingerprint density at radius 2 is 1.91 bits per heavy atom. The number of fused-ring (bicyclic) bond motifs is 2. The van der Waals surface area contributed by atoms with Crippen LogP contribution in [0.5, 0.6) is 0 Å². The van der Waals surface area contributed by atoms with Crippen molar-refractivity contribution in [1.82, 2.24) is 19.6 Å². The summed E-state index contributed by atoms with van der Waals surface area (Å²) in [6.45, 7) is 1.37. The van der Waals surface area contributed by atoms with Crippen molar-refractivity contribution in [2.24, 2.45) is 5.73 Å². The summed E-state index contributed by atoms with van der Waals surface area (Å²) < 4.78 is 67.6. The lowest BCUT2D eigenvalue weighted by Crippen LogP contribution is -2.18. The van der Waals surface area contributed by atoms with Crippen molar-refractivity contribution in [3.8, 4) is 0 Å². The van der Waals surface area contributed by atoms with Crippen LogP contribution in [-0.2, 0) is 6.18 Å². The van der Waals surface area contributed by atoms with Crippen LogP contribution in [-0.4, -0.2) is 31.4 Å². The van der Waals surface area contributed by atoms with Crippen LogP contribution in [0.1, 0.15) is 68.0 Å². The standard InChI is InChI=1S/C21H15F5N6O2S/c1-7-4-12(21(24,25)26)32-13(28-7)6-11(31-32)19(34)30-15-14-9(8-2-3-8)5-10(17(22)23)29-20(14)35-16(15)18(27)33/h4-6,8,17H,2-3H2,1H3,(H2,27,33)(H,30,34). The Balaban J connectivity index is 1.63. The quantitative estimate of drug-likeness (QED) is 0.373. The SMILES string of the molecule is Cc1cc(C(F)(F)F)n2nc(C(=O)Nc3c(C(N)=O)sc4nc(C(F)F)cc(C5CC5)c34)cc2n1. The van der Waals surface area contributed by atoms with E-state index < -0.39 is 41.5 Å². The highest BCUT2D eigenvalue weighted by molar-refractivity contribution is 7.21. The average molecular weight is 510 g/mol. The van der Waals surface area contributed by atoms with Gasteiger partial charge in [-0.1, -0.05) is 0 Å². The van der Waals surface area contributed by atoms with E-state index >= 15 is 0 Å². The smallest absolute Gasteiger partial charge is 0.365 e. The average Bonchev–Trinajstić information content (AvgIpc) is 3.42. The zero-order valence-corrected chi connectivity index (χ0v) is 18.6. The van der Waals surface area contributed by atoms with Crippen molar-refractivity contribution >= 4 is 44.7 Å². The summed E-state index contributed by atoms with van der Waals surface area (Å²) in [5.74, 6) is -1.90. The number of amides is 2. The number of primary amides is 1. The summed E-state index contributed by atoms with van der Waals surface area (Å²) in [5, 5.41) is 6.56. The molecular weight excluding hydrogens is 495 g/mol. The van der Waals surface area contributed by atoms with Crippen molar-refractivity contribution in [2.75, 3.05) is 5.32 Å². The van der Waals surface area contributed by atoms with E-state index in [4.69, 9.17) is 5.73 Å². The van der Waals surface area contributed by atoms with Crippen molar-refractivity contribution in [3.05, 3.63) is 51.4 Å².